The van der Waals surface area contributed by atoms with Crippen molar-refractivity contribution in [2.45, 2.75) is 0 Å². The lowest BCUT2D eigenvalue weighted by Gasteiger charge is -2.07. The van der Waals surface area contributed by atoms with Gasteiger partial charge in [0.25, 0.3) is 0 Å². The van der Waals surface area contributed by atoms with Gasteiger partial charge in [-0.2, -0.15) is 5.10 Å². The first-order chi connectivity index (χ1) is 11.8. The third kappa shape index (κ3) is 2.65. The molecule has 6 heteroatoms. The number of halogens is 1. The van der Waals surface area contributed by atoms with E-state index in [1.807, 2.05) is 24.3 Å². The third-order valence-electron chi connectivity index (χ3n) is 3.63. The van der Waals surface area contributed by atoms with Crippen molar-refractivity contribution >= 4 is 17.2 Å². The predicted molar refractivity (Wildman–Crippen MR) is 89.8 cm³/mol. The van der Waals surface area contributed by atoms with Gasteiger partial charge in [0.1, 0.15) is 11.5 Å². The molecule has 1 aromatic carbocycles. The molecule has 0 unspecified atom stereocenters. The molecular formula is C18H12FN5. The van der Waals surface area contributed by atoms with Crippen LogP contribution in [0.25, 0.3) is 0 Å². The second kappa shape index (κ2) is 6.00. The molecule has 24 heavy (non-hydrogen) atoms. The average Bonchev–Trinajstić information content (AvgIpc) is 2.82. The first kappa shape index (κ1) is 14.2. The average molecular weight is 317 g/mol. The lowest BCUT2D eigenvalue weighted by Crippen LogP contribution is -2.19. The van der Waals surface area contributed by atoms with Crippen LogP contribution in [0.15, 0.2) is 77.3 Å². The van der Waals surface area contributed by atoms with Crippen molar-refractivity contribution in [3.63, 3.8) is 0 Å². The van der Waals surface area contributed by atoms with Crippen molar-refractivity contribution in [3.05, 3.63) is 89.8 Å². The second-order valence-electron chi connectivity index (χ2n) is 5.17. The summed E-state index contributed by atoms with van der Waals surface area (Å²) in [5, 5.41) is 4.45. The molecule has 1 aliphatic heterocycles. The van der Waals surface area contributed by atoms with Gasteiger partial charge >= 0.3 is 0 Å². The fourth-order valence-electron chi connectivity index (χ4n) is 2.48. The van der Waals surface area contributed by atoms with Crippen LogP contribution >= 0.6 is 0 Å². The van der Waals surface area contributed by atoms with Gasteiger partial charge in [0.2, 0.25) is 0 Å². The molecule has 0 bridgehead atoms. The molecule has 116 valence electrons. The normalized spacial score (nSPS) is 13.2. The molecule has 0 saturated carbocycles. The van der Waals surface area contributed by atoms with E-state index in [1.165, 1.54) is 12.1 Å². The van der Waals surface area contributed by atoms with Gasteiger partial charge in [-0.3, -0.25) is 15.4 Å². The van der Waals surface area contributed by atoms with Crippen LogP contribution in [0.3, 0.4) is 0 Å². The number of rotatable bonds is 2. The summed E-state index contributed by atoms with van der Waals surface area (Å²) in [6.45, 7) is 0. The SMILES string of the molecule is Fc1ccc2c(c1)C(c1ccncc1)=NNC(c1ccncc1)=N2. The molecular weight excluding hydrogens is 305 g/mol. The molecule has 5 nitrogen and oxygen atoms in total. The Kier molecular flexibility index (Phi) is 3.55. The van der Waals surface area contributed by atoms with E-state index < -0.39 is 0 Å². The summed E-state index contributed by atoms with van der Waals surface area (Å²) in [6, 6.07) is 11.8. The van der Waals surface area contributed by atoms with Crippen LogP contribution in [0.5, 0.6) is 0 Å². The molecule has 3 heterocycles. The van der Waals surface area contributed by atoms with E-state index in [0.29, 0.717) is 22.8 Å². The highest BCUT2D eigenvalue weighted by Gasteiger charge is 2.17. The largest absolute Gasteiger partial charge is 0.265 e. The quantitative estimate of drug-likeness (QED) is 0.790. The van der Waals surface area contributed by atoms with Gasteiger partial charge in [0.05, 0.1) is 5.69 Å². The summed E-state index contributed by atoms with van der Waals surface area (Å²) in [5.41, 5.74) is 6.53. The highest BCUT2D eigenvalue weighted by atomic mass is 19.1. The Labute approximate surface area is 137 Å². The fourth-order valence-corrected chi connectivity index (χ4v) is 2.48. The Morgan fingerprint density at radius 3 is 2.17 bits per heavy atom. The first-order valence-corrected chi connectivity index (χ1v) is 7.34. The number of hydrogen-bond acceptors (Lipinski definition) is 5. The Morgan fingerprint density at radius 1 is 0.792 bits per heavy atom. The fraction of sp³-hybridized carbons (Fsp3) is 0. The van der Waals surface area contributed by atoms with Crippen molar-refractivity contribution in [3.8, 4) is 0 Å². The van der Waals surface area contributed by atoms with Crippen LogP contribution in [-0.2, 0) is 0 Å². The smallest absolute Gasteiger partial charge is 0.154 e. The minimum absolute atomic E-state index is 0.335. The molecule has 0 spiro atoms. The Morgan fingerprint density at radius 2 is 1.46 bits per heavy atom. The minimum atomic E-state index is -0.335. The molecule has 1 aliphatic rings. The van der Waals surface area contributed by atoms with Crippen molar-refractivity contribution in [2.75, 3.05) is 0 Å². The van der Waals surface area contributed by atoms with Crippen molar-refractivity contribution in [1.29, 1.82) is 0 Å². The Balaban J connectivity index is 1.89. The summed E-state index contributed by atoms with van der Waals surface area (Å²) >= 11 is 0. The number of fused-ring (bicyclic) bond motifs is 1. The molecule has 0 fully saturated rings. The van der Waals surface area contributed by atoms with E-state index in [1.54, 1.807) is 30.9 Å². The minimum Gasteiger partial charge on any atom is -0.265 e. The number of aliphatic imine (C=N–C) groups is 1. The number of pyridine rings is 2. The van der Waals surface area contributed by atoms with Crippen LogP contribution in [0, 0.1) is 5.82 Å². The molecule has 3 aromatic rings. The highest BCUT2D eigenvalue weighted by molar-refractivity contribution is 6.17. The molecule has 0 atom stereocenters. The van der Waals surface area contributed by atoms with E-state index in [-0.39, 0.29) is 5.82 Å². The van der Waals surface area contributed by atoms with Gasteiger partial charge in [-0.1, -0.05) is 0 Å². The van der Waals surface area contributed by atoms with E-state index in [9.17, 15) is 4.39 Å². The van der Waals surface area contributed by atoms with Gasteiger partial charge in [-0.15, -0.1) is 0 Å². The summed E-state index contributed by atoms with van der Waals surface area (Å²) < 4.78 is 13.8. The van der Waals surface area contributed by atoms with E-state index in [2.05, 4.69) is 25.5 Å². The van der Waals surface area contributed by atoms with Gasteiger partial charge in [-0.05, 0) is 42.5 Å². The van der Waals surface area contributed by atoms with E-state index in [4.69, 9.17) is 0 Å². The molecule has 1 N–H and O–H groups in total. The van der Waals surface area contributed by atoms with Crippen LogP contribution in [-0.4, -0.2) is 21.5 Å². The standard InChI is InChI=1S/C18H12FN5/c19-14-1-2-16-15(11-14)17(12-3-7-20-8-4-12)23-24-18(22-16)13-5-9-21-10-6-13/h1-11H,(H,22,24). The second-order valence-corrected chi connectivity index (χ2v) is 5.17. The zero-order valence-corrected chi connectivity index (χ0v) is 12.5. The number of hydrazone groups is 1. The topological polar surface area (TPSA) is 62.5 Å². The van der Waals surface area contributed by atoms with Crippen LogP contribution in [0.4, 0.5) is 10.1 Å². The number of nitrogens with zero attached hydrogens (tertiary/aromatic N) is 4. The third-order valence-corrected chi connectivity index (χ3v) is 3.63. The maximum Gasteiger partial charge on any atom is 0.154 e. The van der Waals surface area contributed by atoms with Gasteiger partial charge in [0, 0.05) is 41.5 Å². The summed E-state index contributed by atoms with van der Waals surface area (Å²) in [6.07, 6.45) is 6.71. The predicted octanol–water partition coefficient (Wildman–Crippen LogP) is 3.05. The maximum absolute atomic E-state index is 13.8. The molecule has 0 aliphatic carbocycles. The molecule has 4 rings (SSSR count). The van der Waals surface area contributed by atoms with Gasteiger partial charge in [-0.25, -0.2) is 9.38 Å². The Bertz CT molecular complexity index is 936. The van der Waals surface area contributed by atoms with E-state index >= 15 is 0 Å². The zero-order chi connectivity index (χ0) is 16.4. The highest BCUT2D eigenvalue weighted by Crippen LogP contribution is 2.26. The Hall–Kier alpha value is -3.41. The van der Waals surface area contributed by atoms with Crippen LogP contribution in [0.2, 0.25) is 0 Å². The monoisotopic (exact) mass is 317 g/mol. The lowest BCUT2D eigenvalue weighted by atomic mass is 10.0. The maximum atomic E-state index is 13.8. The molecule has 2 aromatic heterocycles. The number of nitrogens with one attached hydrogen (secondary N) is 1. The summed E-state index contributed by atoms with van der Waals surface area (Å²) in [4.78, 5) is 12.6. The van der Waals surface area contributed by atoms with Gasteiger partial charge < -0.3 is 0 Å². The summed E-state index contributed by atoms with van der Waals surface area (Å²) in [5.74, 6) is 0.243. The number of amidine groups is 1. The zero-order valence-electron chi connectivity index (χ0n) is 12.5. The lowest BCUT2D eigenvalue weighted by molar-refractivity contribution is 0.627. The van der Waals surface area contributed by atoms with Crippen LogP contribution in [0.1, 0.15) is 16.7 Å². The van der Waals surface area contributed by atoms with Crippen molar-refractivity contribution in [1.82, 2.24) is 15.4 Å². The van der Waals surface area contributed by atoms with Crippen molar-refractivity contribution < 1.29 is 4.39 Å². The number of hydrogen-bond donors (Lipinski definition) is 1. The molecule has 0 saturated heterocycles. The van der Waals surface area contributed by atoms with Crippen molar-refractivity contribution in [2.24, 2.45) is 10.1 Å². The molecule has 0 radical (unpaired) electrons. The van der Waals surface area contributed by atoms with Crippen LogP contribution < -0.4 is 5.43 Å². The van der Waals surface area contributed by atoms with Gasteiger partial charge in [0.15, 0.2) is 5.84 Å². The number of benzene rings is 1. The molecule has 0 amide bonds. The summed E-state index contributed by atoms with van der Waals surface area (Å²) in [7, 11) is 0. The van der Waals surface area contributed by atoms with E-state index in [0.717, 1.165) is 11.1 Å². The number of aromatic nitrogens is 2. The first-order valence-electron chi connectivity index (χ1n) is 7.34.